The Labute approximate surface area is 136 Å². The van der Waals surface area contributed by atoms with E-state index in [4.69, 9.17) is 15.3 Å². The summed E-state index contributed by atoms with van der Waals surface area (Å²) in [5, 5.41) is 17.7. The molecule has 23 heavy (non-hydrogen) atoms. The number of aromatic nitrogens is 2. The highest BCUT2D eigenvalue weighted by Gasteiger charge is 2.12. The normalized spacial score (nSPS) is 11.3. The number of carbonyl (C=O) groups excluding carboxylic acids is 1. The van der Waals surface area contributed by atoms with Crippen LogP contribution < -0.4 is 5.48 Å². The Kier molecular flexibility index (Phi) is 6.12. The summed E-state index contributed by atoms with van der Waals surface area (Å²) in [6.07, 6.45) is 2.40. The number of hydrogen-bond acceptors (Lipinski definition) is 4. The summed E-state index contributed by atoms with van der Waals surface area (Å²) >= 11 is 0. The van der Waals surface area contributed by atoms with Crippen LogP contribution in [0.2, 0.25) is 0 Å². The highest BCUT2D eigenvalue weighted by molar-refractivity contribution is 5.78. The van der Waals surface area contributed by atoms with Gasteiger partial charge in [0.2, 0.25) is 5.91 Å². The van der Waals surface area contributed by atoms with Crippen LogP contribution in [0.25, 0.3) is 11.0 Å². The molecule has 0 aliphatic carbocycles. The van der Waals surface area contributed by atoms with Gasteiger partial charge in [-0.1, -0.05) is 19.9 Å². The third-order valence-electron chi connectivity index (χ3n) is 3.79. The number of carbonyl (C=O) groups is 1. The molecule has 2 aromatic rings. The molecule has 0 radical (unpaired) electrons. The second kappa shape index (κ2) is 8.08. The van der Waals surface area contributed by atoms with E-state index in [0.29, 0.717) is 18.8 Å². The largest absolute Gasteiger partial charge is 0.396 e. The van der Waals surface area contributed by atoms with E-state index >= 15 is 0 Å². The van der Waals surface area contributed by atoms with Crippen molar-refractivity contribution in [2.45, 2.75) is 46.1 Å². The zero-order chi connectivity index (χ0) is 16.8. The molecular weight excluding hydrogens is 294 g/mol. The zero-order valence-electron chi connectivity index (χ0n) is 13.7. The Morgan fingerprint density at radius 1 is 1.39 bits per heavy atom. The summed E-state index contributed by atoms with van der Waals surface area (Å²) in [7, 11) is 0. The number of aryl methyl sites for hydroxylation is 2. The predicted molar refractivity (Wildman–Crippen MR) is 88.2 cm³/mol. The van der Waals surface area contributed by atoms with Gasteiger partial charge in [0.05, 0.1) is 11.0 Å². The maximum absolute atomic E-state index is 11.1. The van der Waals surface area contributed by atoms with Crippen molar-refractivity contribution in [3.63, 3.8) is 0 Å². The van der Waals surface area contributed by atoms with Gasteiger partial charge >= 0.3 is 0 Å². The lowest BCUT2D eigenvalue weighted by molar-refractivity contribution is -0.129. The number of amides is 1. The van der Waals surface area contributed by atoms with Crippen molar-refractivity contribution in [2.24, 2.45) is 5.92 Å². The lowest BCUT2D eigenvalue weighted by atomic mass is 10.1. The molecular formula is C17H25N3O3. The van der Waals surface area contributed by atoms with E-state index in [0.717, 1.165) is 35.4 Å². The van der Waals surface area contributed by atoms with Crippen LogP contribution in [0, 0.1) is 5.92 Å². The van der Waals surface area contributed by atoms with Crippen molar-refractivity contribution in [1.29, 1.82) is 0 Å². The number of aliphatic hydroxyl groups is 1. The van der Waals surface area contributed by atoms with Crippen LogP contribution in [0.4, 0.5) is 0 Å². The second-order valence-corrected chi connectivity index (χ2v) is 6.21. The summed E-state index contributed by atoms with van der Waals surface area (Å²) in [6.45, 7) is 5.24. The molecule has 0 aliphatic heterocycles. The zero-order valence-corrected chi connectivity index (χ0v) is 13.7. The van der Waals surface area contributed by atoms with Gasteiger partial charge < -0.3 is 9.67 Å². The van der Waals surface area contributed by atoms with Crippen LogP contribution in [0.1, 0.15) is 38.1 Å². The molecule has 6 nitrogen and oxygen atoms in total. The summed E-state index contributed by atoms with van der Waals surface area (Å²) in [6, 6.07) is 6.01. The molecule has 1 heterocycles. The maximum Gasteiger partial charge on any atom is 0.243 e. The van der Waals surface area contributed by atoms with E-state index in [1.807, 2.05) is 18.2 Å². The highest BCUT2D eigenvalue weighted by Crippen LogP contribution is 2.21. The summed E-state index contributed by atoms with van der Waals surface area (Å²) in [4.78, 5) is 15.9. The summed E-state index contributed by atoms with van der Waals surface area (Å²) in [5.74, 6) is 1.15. The fourth-order valence-corrected chi connectivity index (χ4v) is 2.69. The monoisotopic (exact) mass is 319 g/mol. The van der Waals surface area contributed by atoms with Crippen molar-refractivity contribution < 1.29 is 15.1 Å². The van der Waals surface area contributed by atoms with Crippen molar-refractivity contribution in [3.8, 4) is 0 Å². The molecule has 1 aromatic carbocycles. The topological polar surface area (TPSA) is 87.4 Å². The van der Waals surface area contributed by atoms with Gasteiger partial charge in [0, 0.05) is 26.0 Å². The molecule has 0 aliphatic rings. The van der Waals surface area contributed by atoms with Crippen LogP contribution in [-0.2, 0) is 24.2 Å². The van der Waals surface area contributed by atoms with Crippen molar-refractivity contribution >= 4 is 16.9 Å². The van der Waals surface area contributed by atoms with Crippen LogP contribution in [-0.4, -0.2) is 32.4 Å². The Morgan fingerprint density at radius 3 is 2.83 bits per heavy atom. The number of benzene rings is 1. The first kappa shape index (κ1) is 17.4. The number of rotatable bonds is 8. The number of fused-ring (bicyclic) bond motifs is 1. The Morgan fingerprint density at radius 2 is 2.17 bits per heavy atom. The molecule has 1 aromatic heterocycles. The van der Waals surface area contributed by atoms with Crippen LogP contribution >= 0.6 is 0 Å². The third-order valence-corrected chi connectivity index (χ3v) is 3.79. The van der Waals surface area contributed by atoms with Crippen LogP contribution in [0.3, 0.4) is 0 Å². The minimum absolute atomic E-state index is 0.162. The number of imidazole rings is 1. The number of nitrogens with one attached hydrogen (secondary N) is 1. The first-order valence-electron chi connectivity index (χ1n) is 8.07. The Hall–Kier alpha value is -1.92. The first-order valence-corrected chi connectivity index (χ1v) is 8.07. The molecule has 0 spiro atoms. The van der Waals surface area contributed by atoms with Gasteiger partial charge in [-0.25, -0.2) is 10.5 Å². The average Bonchev–Trinajstić information content (AvgIpc) is 2.86. The van der Waals surface area contributed by atoms with Gasteiger partial charge in [0.15, 0.2) is 0 Å². The van der Waals surface area contributed by atoms with Crippen LogP contribution in [0.15, 0.2) is 18.2 Å². The highest BCUT2D eigenvalue weighted by atomic mass is 16.5. The second-order valence-electron chi connectivity index (χ2n) is 6.21. The summed E-state index contributed by atoms with van der Waals surface area (Å²) in [5.41, 5.74) is 4.64. The minimum Gasteiger partial charge on any atom is -0.396 e. The molecule has 1 amide bonds. The summed E-state index contributed by atoms with van der Waals surface area (Å²) < 4.78 is 2.18. The van der Waals surface area contributed by atoms with E-state index in [9.17, 15) is 4.79 Å². The number of hydrogen-bond donors (Lipinski definition) is 3. The quantitative estimate of drug-likeness (QED) is 0.513. The Balaban J connectivity index is 2.29. The Bertz CT molecular complexity index is 664. The average molecular weight is 319 g/mol. The minimum atomic E-state index is -0.390. The lowest BCUT2D eigenvalue weighted by Gasteiger charge is -2.10. The molecule has 0 unspecified atom stereocenters. The molecule has 2 rings (SSSR count). The van der Waals surface area contributed by atoms with E-state index in [-0.39, 0.29) is 18.9 Å². The van der Waals surface area contributed by atoms with Crippen LogP contribution in [0.5, 0.6) is 0 Å². The van der Waals surface area contributed by atoms with Gasteiger partial charge in [0.1, 0.15) is 5.82 Å². The van der Waals surface area contributed by atoms with Gasteiger partial charge in [-0.05, 0) is 36.5 Å². The molecule has 0 fully saturated rings. The van der Waals surface area contributed by atoms with Gasteiger partial charge in [-0.15, -0.1) is 0 Å². The predicted octanol–water partition coefficient (Wildman–Crippen LogP) is 2.06. The molecule has 126 valence electrons. The standard InChI is InChI=1S/C17H25N3O3/c1-12(2)10-16-18-14-11-13(5-7-17(22)19-23)4-6-15(14)20(16)8-3-9-21/h4,6,11-12,21,23H,3,5,7-10H2,1-2H3,(H,19,22). The van der Waals surface area contributed by atoms with Gasteiger partial charge in [-0.2, -0.15) is 0 Å². The lowest BCUT2D eigenvalue weighted by Crippen LogP contribution is -2.18. The molecule has 0 saturated carbocycles. The fraction of sp³-hybridized carbons (Fsp3) is 0.529. The third kappa shape index (κ3) is 4.53. The maximum atomic E-state index is 11.1. The van der Waals surface area contributed by atoms with E-state index in [2.05, 4.69) is 18.4 Å². The molecule has 0 saturated heterocycles. The smallest absolute Gasteiger partial charge is 0.243 e. The van der Waals surface area contributed by atoms with E-state index in [1.54, 1.807) is 5.48 Å². The molecule has 0 bridgehead atoms. The fourth-order valence-electron chi connectivity index (χ4n) is 2.69. The molecule has 6 heteroatoms. The van der Waals surface area contributed by atoms with Gasteiger partial charge in [0.25, 0.3) is 0 Å². The van der Waals surface area contributed by atoms with E-state index in [1.165, 1.54) is 0 Å². The van der Waals surface area contributed by atoms with Crippen molar-refractivity contribution in [2.75, 3.05) is 6.61 Å². The molecule has 3 N–H and O–H groups in total. The van der Waals surface area contributed by atoms with Gasteiger partial charge in [-0.3, -0.25) is 10.0 Å². The van der Waals surface area contributed by atoms with Crippen molar-refractivity contribution in [1.82, 2.24) is 15.0 Å². The SMILES string of the molecule is CC(C)Cc1nc2cc(CCC(=O)NO)ccc2n1CCCO. The number of hydroxylamine groups is 1. The first-order chi connectivity index (χ1) is 11.0. The van der Waals surface area contributed by atoms with E-state index < -0.39 is 0 Å². The van der Waals surface area contributed by atoms with Crippen molar-refractivity contribution in [3.05, 3.63) is 29.6 Å². The number of nitrogens with zero attached hydrogens (tertiary/aromatic N) is 2. The molecule has 0 atom stereocenters. The number of aliphatic hydroxyl groups excluding tert-OH is 1.